The molecule has 0 aliphatic carbocycles. The maximum atomic E-state index is 11.3. The van der Waals surface area contributed by atoms with Gasteiger partial charge in [0.05, 0.1) is 47.2 Å². The minimum atomic E-state index is -1.18. The molecule has 0 bridgehead atoms. The van der Waals surface area contributed by atoms with Crippen molar-refractivity contribution >= 4 is 42.5 Å². The van der Waals surface area contributed by atoms with E-state index < -0.39 is 37.2 Å². The van der Waals surface area contributed by atoms with Gasteiger partial charge in [0.1, 0.15) is 35.1 Å². The quantitative estimate of drug-likeness (QED) is 0.0352. The molecule has 0 aromatic heterocycles. The fourth-order valence-corrected chi connectivity index (χ4v) is 6.88. The molecule has 0 aliphatic heterocycles. The number of rotatable bonds is 18. The van der Waals surface area contributed by atoms with Crippen LogP contribution >= 0.6 is 0 Å². The first-order valence-corrected chi connectivity index (χ1v) is 21.1. The Kier molecular flexibility index (Phi) is 22.4. The van der Waals surface area contributed by atoms with Gasteiger partial charge >= 0.3 is 11.9 Å². The van der Waals surface area contributed by atoms with Gasteiger partial charge in [-0.05, 0) is 93.7 Å². The van der Waals surface area contributed by atoms with Crippen LogP contribution in [0.2, 0.25) is 0 Å². The summed E-state index contributed by atoms with van der Waals surface area (Å²) < 4.78 is 21.7. The molecular weight excluding hydrogens is 865 g/mol. The van der Waals surface area contributed by atoms with Crippen LogP contribution in [0.15, 0.2) is 121 Å². The van der Waals surface area contributed by atoms with E-state index in [-0.39, 0.29) is 14.0 Å². The monoisotopic (exact) mass is 926 g/mol. The van der Waals surface area contributed by atoms with E-state index in [0.717, 1.165) is 28.5 Å². The fraction of sp³-hybridized carbons (Fsp3) is 0.218. The molecule has 0 radical (unpaired) electrons. The zero-order chi connectivity index (χ0) is 48.9. The molecule has 7 N–H and O–H groups in total. The average Bonchev–Trinajstić information content (AvgIpc) is 3.35. The van der Waals surface area contributed by atoms with E-state index >= 15 is 0 Å². The molecule has 0 spiro atoms. The SMILES string of the molecule is C.COc1cc(/C=C/c2cccc(-c3ccccc3)c2C)cc(OC)c1C=O.COc1cc(/C=C/c2cccc(-c3ccccc3)c2C)cc(OC)c1CN[C@H](CO)C(=O)O.N[C@@H](CO)C(=O)O. The molecule has 0 heterocycles. The number of methoxy groups -OCH3 is 4. The third-order valence-electron chi connectivity index (χ3n) is 10.7. The highest BCUT2D eigenvalue weighted by molar-refractivity contribution is 5.86. The van der Waals surface area contributed by atoms with Crippen molar-refractivity contribution in [2.24, 2.45) is 5.73 Å². The number of carboxylic acid groups (broad SMARTS) is 2. The molecule has 68 heavy (non-hydrogen) atoms. The first kappa shape index (κ1) is 54.8. The number of aliphatic hydroxyl groups excluding tert-OH is 2. The maximum absolute atomic E-state index is 11.3. The van der Waals surface area contributed by atoms with Crippen molar-refractivity contribution in [2.75, 3.05) is 41.7 Å². The molecule has 0 fully saturated rings. The van der Waals surface area contributed by atoms with Gasteiger partial charge in [-0.1, -0.05) is 129 Å². The lowest BCUT2D eigenvalue weighted by Crippen LogP contribution is -2.39. The van der Waals surface area contributed by atoms with Crippen molar-refractivity contribution in [3.8, 4) is 45.3 Å². The smallest absolute Gasteiger partial charge is 0.323 e. The van der Waals surface area contributed by atoms with Crippen LogP contribution in [0.5, 0.6) is 23.0 Å². The predicted molar refractivity (Wildman–Crippen MR) is 270 cm³/mol. The molecule has 0 amide bonds. The lowest BCUT2D eigenvalue weighted by molar-refractivity contribution is -0.141. The van der Waals surface area contributed by atoms with E-state index in [1.165, 1.54) is 33.4 Å². The largest absolute Gasteiger partial charge is 0.496 e. The van der Waals surface area contributed by atoms with E-state index in [0.29, 0.717) is 34.1 Å². The molecule has 6 aromatic rings. The topological polar surface area (TPSA) is 207 Å². The van der Waals surface area contributed by atoms with Crippen molar-refractivity contribution in [3.05, 3.63) is 166 Å². The second-order valence-corrected chi connectivity index (χ2v) is 14.9. The highest BCUT2D eigenvalue weighted by Crippen LogP contribution is 2.34. The standard InChI is InChI=1S/C27H29NO5.C24H22O3.C3H7NO3.CH4/c1-18-20(10-7-11-22(18)21-8-5-4-6-9-21)13-12-19-14-25(32-2)23(26(15-19)33-3)16-28-24(17-29)27(30)31;1-17-19(10-7-11-21(17)20-8-5-4-6-9-20)13-12-18-14-23(26-2)22(16-25)24(15-18)27-3;4-2(1-5)3(6)7;/h4-15,24,28-29H,16-17H2,1-3H3,(H,30,31);4-16H,1-3H3;2,5H,1,4H2,(H,6,7);1H4/b2*13-12+;;/t24-;;2-;/m1.0./s1. The number of aliphatic carboxylic acids is 2. The molecule has 358 valence electrons. The number of hydrogen-bond donors (Lipinski definition) is 6. The number of aliphatic hydroxyl groups is 2. The average molecular weight is 927 g/mol. The number of carbonyl (C=O) groups is 3. The van der Waals surface area contributed by atoms with E-state index in [1.54, 1.807) is 28.4 Å². The molecule has 13 nitrogen and oxygen atoms in total. The highest BCUT2D eigenvalue weighted by Gasteiger charge is 2.19. The van der Waals surface area contributed by atoms with Gasteiger partial charge < -0.3 is 45.1 Å². The minimum absolute atomic E-state index is 0. The summed E-state index contributed by atoms with van der Waals surface area (Å²) in [5, 5.41) is 37.1. The summed E-state index contributed by atoms with van der Waals surface area (Å²) in [5.74, 6) is -0.167. The Morgan fingerprint density at radius 2 is 1.00 bits per heavy atom. The van der Waals surface area contributed by atoms with Crippen molar-refractivity contribution in [2.45, 2.75) is 39.9 Å². The number of nitrogens with two attached hydrogens (primary N) is 1. The number of nitrogens with one attached hydrogen (secondary N) is 1. The van der Waals surface area contributed by atoms with Crippen LogP contribution in [0.25, 0.3) is 46.6 Å². The van der Waals surface area contributed by atoms with Crippen molar-refractivity contribution in [1.29, 1.82) is 0 Å². The summed E-state index contributed by atoms with van der Waals surface area (Å²) in [6.07, 6.45) is 8.86. The molecule has 0 saturated carbocycles. The Hall–Kier alpha value is -7.55. The molecule has 6 rings (SSSR count). The normalized spacial score (nSPS) is 11.5. The van der Waals surface area contributed by atoms with Crippen LogP contribution in [0.1, 0.15) is 56.7 Å². The Bertz CT molecular complexity index is 2580. The van der Waals surface area contributed by atoms with Gasteiger partial charge in [-0.15, -0.1) is 0 Å². The molecule has 0 aliphatic rings. The second kappa shape index (κ2) is 27.8. The molecule has 2 atom stereocenters. The number of ether oxygens (including phenoxy) is 4. The lowest BCUT2D eigenvalue weighted by atomic mass is 9.96. The minimum Gasteiger partial charge on any atom is -0.496 e. The number of aldehydes is 1. The number of carbonyl (C=O) groups excluding carboxylic acids is 1. The first-order chi connectivity index (χ1) is 32.3. The summed E-state index contributed by atoms with van der Waals surface area (Å²) in [5.41, 5.74) is 17.0. The van der Waals surface area contributed by atoms with Gasteiger partial charge in [-0.25, -0.2) is 0 Å². The molecule has 6 aromatic carbocycles. The lowest BCUT2D eigenvalue weighted by Gasteiger charge is -2.17. The van der Waals surface area contributed by atoms with E-state index in [1.807, 2.05) is 78.9 Å². The number of benzene rings is 6. The molecular formula is C55H62N2O11. The van der Waals surface area contributed by atoms with Crippen LogP contribution in [0, 0.1) is 13.8 Å². The van der Waals surface area contributed by atoms with E-state index in [2.05, 4.69) is 85.9 Å². The Morgan fingerprint density at radius 3 is 1.32 bits per heavy atom. The molecule has 13 heteroatoms. The van der Waals surface area contributed by atoms with Gasteiger partial charge in [0, 0.05) is 12.1 Å². The summed E-state index contributed by atoms with van der Waals surface area (Å²) in [7, 11) is 6.20. The van der Waals surface area contributed by atoms with Crippen molar-refractivity contribution < 1.29 is 53.8 Å². The van der Waals surface area contributed by atoms with Crippen LogP contribution in [0.4, 0.5) is 0 Å². The van der Waals surface area contributed by atoms with Crippen LogP contribution in [-0.2, 0) is 16.1 Å². The van der Waals surface area contributed by atoms with Gasteiger partial charge in [-0.3, -0.25) is 19.7 Å². The van der Waals surface area contributed by atoms with Crippen LogP contribution in [0.3, 0.4) is 0 Å². The van der Waals surface area contributed by atoms with Gasteiger partial charge in [-0.2, -0.15) is 0 Å². The van der Waals surface area contributed by atoms with Crippen molar-refractivity contribution in [3.63, 3.8) is 0 Å². The number of carboxylic acids is 2. The van der Waals surface area contributed by atoms with Crippen LogP contribution < -0.4 is 30.0 Å². The van der Waals surface area contributed by atoms with E-state index in [4.69, 9.17) is 40.0 Å². The first-order valence-electron chi connectivity index (χ1n) is 21.1. The second-order valence-electron chi connectivity index (χ2n) is 14.9. The summed E-state index contributed by atoms with van der Waals surface area (Å²) in [6, 6.07) is 38.4. The maximum Gasteiger partial charge on any atom is 0.323 e. The van der Waals surface area contributed by atoms with Crippen molar-refractivity contribution in [1.82, 2.24) is 5.32 Å². The zero-order valence-electron chi connectivity index (χ0n) is 38.4. The predicted octanol–water partition coefficient (Wildman–Crippen LogP) is 9.07. The summed E-state index contributed by atoms with van der Waals surface area (Å²) in [6.45, 7) is 3.39. The van der Waals surface area contributed by atoms with E-state index in [9.17, 15) is 19.5 Å². The molecule has 0 unspecified atom stereocenters. The zero-order valence-corrected chi connectivity index (χ0v) is 38.4. The third kappa shape index (κ3) is 15.0. The van der Waals surface area contributed by atoms with Crippen LogP contribution in [-0.4, -0.2) is 92.4 Å². The molecule has 0 saturated heterocycles. The summed E-state index contributed by atoms with van der Waals surface area (Å²) in [4.78, 5) is 32.1. The fourth-order valence-electron chi connectivity index (χ4n) is 6.88. The van der Waals surface area contributed by atoms with Gasteiger partial charge in [0.25, 0.3) is 0 Å². The third-order valence-corrected chi connectivity index (χ3v) is 10.7. The number of hydrogen-bond acceptors (Lipinski definition) is 11. The Balaban J connectivity index is 0.000000316. The Morgan fingerprint density at radius 1 is 0.588 bits per heavy atom. The highest BCUT2D eigenvalue weighted by atomic mass is 16.5. The van der Waals surface area contributed by atoms with Gasteiger partial charge in [0.15, 0.2) is 6.29 Å². The van der Waals surface area contributed by atoms with Gasteiger partial charge in [0.2, 0.25) is 0 Å². The summed E-state index contributed by atoms with van der Waals surface area (Å²) >= 11 is 0. The Labute approximate surface area is 398 Å².